The Morgan fingerprint density at radius 2 is 2.00 bits per heavy atom. The summed E-state index contributed by atoms with van der Waals surface area (Å²) in [6, 6.07) is 1.98. The van der Waals surface area contributed by atoms with Crippen molar-refractivity contribution in [3.63, 3.8) is 0 Å². The van der Waals surface area contributed by atoms with Gasteiger partial charge < -0.3 is 4.90 Å². The lowest BCUT2D eigenvalue weighted by Gasteiger charge is -2.20. The van der Waals surface area contributed by atoms with Gasteiger partial charge in [-0.1, -0.05) is 13.8 Å². The summed E-state index contributed by atoms with van der Waals surface area (Å²) >= 11 is 0. The molecule has 0 atom stereocenters. The van der Waals surface area contributed by atoms with Gasteiger partial charge >= 0.3 is 0 Å². The van der Waals surface area contributed by atoms with E-state index in [2.05, 4.69) is 23.9 Å². The molecular weight excluding hydrogens is 276 g/mol. The maximum atomic E-state index is 12.2. The smallest absolute Gasteiger partial charge is 0.222 e. The van der Waals surface area contributed by atoms with Gasteiger partial charge in [0.05, 0.1) is 5.69 Å². The summed E-state index contributed by atoms with van der Waals surface area (Å²) in [5.74, 6) is 0.673. The molecule has 5 nitrogen and oxygen atoms in total. The highest BCUT2D eigenvalue weighted by molar-refractivity contribution is 5.76. The van der Waals surface area contributed by atoms with Gasteiger partial charge in [0.1, 0.15) is 0 Å². The second-order valence-corrected chi connectivity index (χ2v) is 6.49. The number of carbonyl (C=O) groups excluding carboxylic acids is 1. The van der Waals surface area contributed by atoms with E-state index in [1.165, 1.54) is 0 Å². The minimum Gasteiger partial charge on any atom is -0.345 e. The van der Waals surface area contributed by atoms with E-state index in [4.69, 9.17) is 0 Å². The maximum Gasteiger partial charge on any atom is 0.222 e. The predicted octanol–water partition coefficient (Wildman–Crippen LogP) is 2.70. The number of rotatable bonds is 5. The van der Waals surface area contributed by atoms with Gasteiger partial charge in [-0.2, -0.15) is 5.10 Å². The largest absolute Gasteiger partial charge is 0.345 e. The number of hydrogen-bond acceptors (Lipinski definition) is 3. The first-order chi connectivity index (χ1) is 10.3. The lowest BCUT2D eigenvalue weighted by molar-refractivity contribution is -0.130. The Hall–Kier alpha value is -1.91. The topological polar surface area (TPSA) is 50.5 Å². The van der Waals surface area contributed by atoms with Crippen molar-refractivity contribution in [2.75, 3.05) is 13.6 Å². The van der Waals surface area contributed by atoms with Crippen molar-refractivity contribution in [1.82, 2.24) is 19.5 Å². The molecule has 0 aromatic carbocycles. The Labute approximate surface area is 132 Å². The molecule has 0 aliphatic carbocycles. The van der Waals surface area contributed by atoms with E-state index in [1.54, 1.807) is 0 Å². The quantitative estimate of drug-likeness (QED) is 0.853. The molecule has 0 unspecified atom stereocenters. The number of aromatic nitrogens is 3. The SMILES string of the molecule is Cc1cc2nc(C)c(CCC(=O)N(C)CC(C)C)c(C)n2n1. The van der Waals surface area contributed by atoms with Crippen LogP contribution in [-0.4, -0.2) is 39.0 Å². The first kappa shape index (κ1) is 16.5. The highest BCUT2D eigenvalue weighted by atomic mass is 16.2. The molecule has 5 heteroatoms. The second kappa shape index (κ2) is 6.46. The Bertz CT molecular complexity index is 688. The molecular formula is C17H26N4O. The summed E-state index contributed by atoms with van der Waals surface area (Å²) in [5, 5.41) is 4.47. The molecule has 0 spiro atoms. The van der Waals surface area contributed by atoms with Gasteiger partial charge in [0.15, 0.2) is 5.65 Å². The third-order valence-corrected chi connectivity index (χ3v) is 3.94. The number of carbonyl (C=O) groups is 1. The van der Waals surface area contributed by atoms with Gasteiger partial charge in [-0.25, -0.2) is 9.50 Å². The summed E-state index contributed by atoms with van der Waals surface area (Å²) < 4.78 is 1.87. The van der Waals surface area contributed by atoms with Crippen LogP contribution in [0.5, 0.6) is 0 Å². The number of amides is 1. The van der Waals surface area contributed by atoms with Crippen molar-refractivity contribution in [2.24, 2.45) is 5.92 Å². The number of hydrogen-bond donors (Lipinski definition) is 0. The van der Waals surface area contributed by atoms with E-state index in [9.17, 15) is 4.79 Å². The number of fused-ring (bicyclic) bond motifs is 1. The maximum absolute atomic E-state index is 12.2. The molecule has 0 bridgehead atoms. The molecule has 0 saturated heterocycles. The molecule has 0 radical (unpaired) electrons. The van der Waals surface area contributed by atoms with Crippen LogP contribution in [0, 0.1) is 26.7 Å². The van der Waals surface area contributed by atoms with E-state index < -0.39 is 0 Å². The third-order valence-electron chi connectivity index (χ3n) is 3.94. The minimum atomic E-state index is 0.184. The standard InChI is InChI=1S/C17H26N4O/c1-11(2)10-20(6)17(22)8-7-15-13(4)18-16-9-12(3)19-21(16)14(15)5/h9,11H,7-8,10H2,1-6H3. The zero-order valence-corrected chi connectivity index (χ0v) is 14.5. The van der Waals surface area contributed by atoms with Gasteiger partial charge in [0.25, 0.3) is 0 Å². The normalized spacial score (nSPS) is 11.4. The molecule has 0 aliphatic heterocycles. The molecule has 0 fully saturated rings. The highest BCUT2D eigenvalue weighted by Gasteiger charge is 2.15. The zero-order chi connectivity index (χ0) is 16.4. The van der Waals surface area contributed by atoms with E-state index in [0.717, 1.165) is 34.8 Å². The fourth-order valence-corrected chi connectivity index (χ4v) is 2.88. The van der Waals surface area contributed by atoms with Crippen LogP contribution < -0.4 is 0 Å². The van der Waals surface area contributed by atoms with Crippen molar-refractivity contribution < 1.29 is 4.79 Å². The molecule has 22 heavy (non-hydrogen) atoms. The Kier molecular flexibility index (Phi) is 4.84. The summed E-state index contributed by atoms with van der Waals surface area (Å²) in [5.41, 5.74) is 5.03. The molecule has 0 saturated carbocycles. The van der Waals surface area contributed by atoms with Crippen molar-refractivity contribution in [3.8, 4) is 0 Å². The van der Waals surface area contributed by atoms with Crippen molar-refractivity contribution in [2.45, 2.75) is 47.5 Å². The Balaban J connectivity index is 2.16. The fourth-order valence-electron chi connectivity index (χ4n) is 2.88. The Morgan fingerprint density at radius 1 is 1.32 bits per heavy atom. The summed E-state index contributed by atoms with van der Waals surface area (Å²) in [6.07, 6.45) is 1.22. The van der Waals surface area contributed by atoms with E-state index in [-0.39, 0.29) is 5.91 Å². The van der Waals surface area contributed by atoms with E-state index in [1.807, 2.05) is 43.3 Å². The van der Waals surface area contributed by atoms with E-state index in [0.29, 0.717) is 18.8 Å². The second-order valence-electron chi connectivity index (χ2n) is 6.49. The van der Waals surface area contributed by atoms with Crippen LogP contribution in [0.3, 0.4) is 0 Å². The van der Waals surface area contributed by atoms with Crippen LogP contribution in [0.15, 0.2) is 6.07 Å². The molecule has 0 N–H and O–H groups in total. The Morgan fingerprint density at radius 3 is 2.64 bits per heavy atom. The summed E-state index contributed by atoms with van der Waals surface area (Å²) in [4.78, 5) is 18.6. The molecule has 120 valence electrons. The minimum absolute atomic E-state index is 0.184. The first-order valence-corrected chi connectivity index (χ1v) is 7.86. The average molecular weight is 302 g/mol. The van der Waals surface area contributed by atoms with E-state index >= 15 is 0 Å². The van der Waals surface area contributed by atoms with Gasteiger partial charge in [-0.15, -0.1) is 0 Å². The monoisotopic (exact) mass is 302 g/mol. The van der Waals surface area contributed by atoms with Crippen molar-refractivity contribution >= 4 is 11.6 Å². The number of aryl methyl sites for hydroxylation is 3. The van der Waals surface area contributed by atoms with Crippen LogP contribution in [-0.2, 0) is 11.2 Å². The lowest BCUT2D eigenvalue weighted by Crippen LogP contribution is -2.30. The zero-order valence-electron chi connectivity index (χ0n) is 14.5. The van der Waals surface area contributed by atoms with Crippen molar-refractivity contribution in [3.05, 3.63) is 28.7 Å². The number of nitrogens with zero attached hydrogens (tertiary/aromatic N) is 4. The fraction of sp³-hybridized carbons (Fsp3) is 0.588. The van der Waals surface area contributed by atoms with Crippen LogP contribution in [0.4, 0.5) is 0 Å². The van der Waals surface area contributed by atoms with Crippen LogP contribution in [0.2, 0.25) is 0 Å². The third kappa shape index (κ3) is 3.46. The molecule has 0 aliphatic rings. The molecule has 2 aromatic heterocycles. The molecule has 2 rings (SSSR count). The van der Waals surface area contributed by atoms with Gasteiger partial charge in [0.2, 0.25) is 5.91 Å². The van der Waals surface area contributed by atoms with Gasteiger partial charge in [-0.3, -0.25) is 4.79 Å². The molecule has 1 amide bonds. The summed E-state index contributed by atoms with van der Waals surface area (Å²) in [6.45, 7) is 11.1. The molecule has 2 aromatic rings. The first-order valence-electron chi connectivity index (χ1n) is 7.86. The van der Waals surface area contributed by atoms with Crippen LogP contribution in [0.25, 0.3) is 5.65 Å². The lowest BCUT2D eigenvalue weighted by atomic mass is 10.1. The average Bonchev–Trinajstić information content (AvgIpc) is 2.78. The van der Waals surface area contributed by atoms with Gasteiger partial charge in [0, 0.05) is 37.5 Å². The van der Waals surface area contributed by atoms with Crippen molar-refractivity contribution in [1.29, 1.82) is 0 Å². The van der Waals surface area contributed by atoms with Gasteiger partial charge in [-0.05, 0) is 38.7 Å². The van der Waals surface area contributed by atoms with Crippen LogP contribution in [0.1, 0.15) is 42.9 Å². The predicted molar refractivity (Wildman–Crippen MR) is 88.0 cm³/mol. The summed E-state index contributed by atoms with van der Waals surface area (Å²) in [7, 11) is 1.88. The molecule has 2 heterocycles. The highest BCUT2D eigenvalue weighted by Crippen LogP contribution is 2.17. The van der Waals surface area contributed by atoms with Crippen LogP contribution >= 0.6 is 0 Å².